The van der Waals surface area contributed by atoms with Gasteiger partial charge in [0.25, 0.3) is 0 Å². The second kappa shape index (κ2) is 6.97. The summed E-state index contributed by atoms with van der Waals surface area (Å²) in [5.41, 5.74) is 0.691. The predicted molar refractivity (Wildman–Crippen MR) is 85.2 cm³/mol. The van der Waals surface area contributed by atoms with Gasteiger partial charge in [0, 0.05) is 18.0 Å². The van der Waals surface area contributed by atoms with Crippen molar-refractivity contribution < 1.29 is 12.8 Å². The van der Waals surface area contributed by atoms with Gasteiger partial charge in [-0.15, -0.1) is 11.3 Å². The Labute approximate surface area is 135 Å². The number of halogens is 2. The van der Waals surface area contributed by atoms with Gasteiger partial charge in [-0.3, -0.25) is 0 Å². The molecule has 1 aromatic heterocycles. The maximum Gasteiger partial charge on any atom is 0.243 e. The van der Waals surface area contributed by atoms with E-state index in [2.05, 4.69) is 26.0 Å². The van der Waals surface area contributed by atoms with Crippen LogP contribution in [0.4, 0.5) is 4.39 Å². The molecule has 0 aliphatic carbocycles. The average Bonchev–Trinajstić information content (AvgIpc) is 2.83. The molecule has 8 heteroatoms. The summed E-state index contributed by atoms with van der Waals surface area (Å²) < 4.78 is 41.5. The van der Waals surface area contributed by atoms with Crippen molar-refractivity contribution in [2.24, 2.45) is 0 Å². The van der Waals surface area contributed by atoms with E-state index in [1.807, 2.05) is 12.1 Å². The maximum atomic E-state index is 13.9. The molecule has 0 spiro atoms. The van der Waals surface area contributed by atoms with Gasteiger partial charge in [0.15, 0.2) is 0 Å². The summed E-state index contributed by atoms with van der Waals surface area (Å²) in [4.78, 5) is 0.510. The Kier molecular flexibility index (Phi) is 5.50. The lowest BCUT2D eigenvalue weighted by atomic mass is 10.2. The van der Waals surface area contributed by atoms with Crippen molar-refractivity contribution in [3.63, 3.8) is 0 Å². The summed E-state index contributed by atoms with van der Waals surface area (Å²) in [6.07, 6.45) is 0. The van der Waals surface area contributed by atoms with Crippen molar-refractivity contribution in [1.82, 2.24) is 10.0 Å². The third kappa shape index (κ3) is 4.33. The van der Waals surface area contributed by atoms with Crippen LogP contribution in [0.15, 0.2) is 39.0 Å². The number of thiophene rings is 1. The zero-order chi connectivity index (χ0) is 15.5. The summed E-state index contributed by atoms with van der Waals surface area (Å²) in [6, 6.07) is 7.75. The van der Waals surface area contributed by atoms with Crippen molar-refractivity contribution in [2.75, 3.05) is 7.05 Å². The molecule has 2 rings (SSSR count). The summed E-state index contributed by atoms with van der Waals surface area (Å²) in [6.45, 7) is 0.615. The molecule has 2 aromatic rings. The molecule has 0 fully saturated rings. The molecule has 0 bridgehead atoms. The molecular formula is C13H14BrFN2O2S2. The molecule has 0 saturated carbocycles. The van der Waals surface area contributed by atoms with E-state index in [1.165, 1.54) is 23.5 Å². The molecule has 0 radical (unpaired) electrons. The van der Waals surface area contributed by atoms with Crippen molar-refractivity contribution in [3.8, 4) is 0 Å². The lowest BCUT2D eigenvalue weighted by molar-refractivity contribution is 0.555. The lowest BCUT2D eigenvalue weighted by Gasteiger charge is -2.08. The van der Waals surface area contributed by atoms with E-state index >= 15 is 0 Å². The van der Waals surface area contributed by atoms with Gasteiger partial charge < -0.3 is 5.32 Å². The molecule has 1 heterocycles. The molecule has 114 valence electrons. The van der Waals surface area contributed by atoms with Crippen LogP contribution in [0, 0.1) is 5.82 Å². The van der Waals surface area contributed by atoms with E-state index in [-0.39, 0.29) is 11.4 Å². The lowest BCUT2D eigenvalue weighted by Crippen LogP contribution is -2.24. The fraction of sp³-hybridized carbons (Fsp3) is 0.231. The fourth-order valence-electron chi connectivity index (χ4n) is 1.77. The van der Waals surface area contributed by atoms with Gasteiger partial charge in [-0.1, -0.05) is 6.07 Å². The summed E-state index contributed by atoms with van der Waals surface area (Å²) in [7, 11) is -2.13. The first-order valence-corrected chi connectivity index (χ1v) is 9.18. The molecule has 4 nitrogen and oxygen atoms in total. The molecule has 1 aromatic carbocycles. The van der Waals surface area contributed by atoms with Crippen molar-refractivity contribution in [3.05, 3.63) is 50.4 Å². The predicted octanol–water partition coefficient (Wildman–Crippen LogP) is 2.85. The quantitative estimate of drug-likeness (QED) is 0.794. The topological polar surface area (TPSA) is 58.2 Å². The van der Waals surface area contributed by atoms with Crippen molar-refractivity contribution in [1.29, 1.82) is 0 Å². The maximum absolute atomic E-state index is 13.9. The monoisotopic (exact) mass is 392 g/mol. The van der Waals surface area contributed by atoms with E-state index < -0.39 is 15.8 Å². The molecule has 0 aliphatic rings. The van der Waals surface area contributed by atoms with Gasteiger partial charge in [-0.05, 0) is 52.8 Å². The Bertz CT molecular complexity index is 732. The number of sulfonamides is 1. The highest BCUT2D eigenvalue weighted by Crippen LogP contribution is 2.23. The van der Waals surface area contributed by atoms with E-state index in [0.717, 1.165) is 8.66 Å². The van der Waals surface area contributed by atoms with Gasteiger partial charge in [0.2, 0.25) is 10.0 Å². The Balaban J connectivity index is 2.15. The molecule has 0 atom stereocenters. The fourth-order valence-corrected chi connectivity index (χ4v) is 4.35. The number of rotatable bonds is 6. The summed E-state index contributed by atoms with van der Waals surface area (Å²) >= 11 is 4.73. The minimum absolute atomic E-state index is 0.135. The highest BCUT2D eigenvalue weighted by molar-refractivity contribution is 9.11. The smallest absolute Gasteiger partial charge is 0.243 e. The van der Waals surface area contributed by atoms with Crippen LogP contribution in [0.3, 0.4) is 0 Å². The first-order valence-electron chi connectivity index (χ1n) is 6.09. The van der Waals surface area contributed by atoms with Gasteiger partial charge in [-0.2, -0.15) is 0 Å². The second-order valence-corrected chi connectivity index (χ2v) is 8.61. The zero-order valence-corrected chi connectivity index (χ0v) is 14.4. The van der Waals surface area contributed by atoms with Crippen LogP contribution < -0.4 is 10.0 Å². The van der Waals surface area contributed by atoms with E-state index in [4.69, 9.17) is 0 Å². The molecular weight excluding hydrogens is 379 g/mol. The Morgan fingerprint density at radius 2 is 2.00 bits per heavy atom. The first kappa shape index (κ1) is 16.6. The summed E-state index contributed by atoms with van der Waals surface area (Å²) in [5, 5.41) is 2.88. The normalized spacial score (nSPS) is 11.8. The number of hydrogen-bond donors (Lipinski definition) is 2. The second-order valence-electron chi connectivity index (χ2n) is 4.33. The van der Waals surface area contributed by atoms with Crippen LogP contribution in [0.5, 0.6) is 0 Å². The SMILES string of the molecule is CNCc1ccc(S(=O)(=O)NCc2ccc(Br)s2)c(F)c1. The largest absolute Gasteiger partial charge is 0.316 e. The van der Waals surface area contributed by atoms with Crippen LogP contribution >= 0.6 is 27.3 Å². The average molecular weight is 393 g/mol. The molecule has 0 saturated heterocycles. The highest BCUT2D eigenvalue weighted by atomic mass is 79.9. The van der Waals surface area contributed by atoms with E-state index in [9.17, 15) is 12.8 Å². The van der Waals surface area contributed by atoms with Crippen LogP contribution in [-0.4, -0.2) is 15.5 Å². The first-order chi connectivity index (χ1) is 9.92. The van der Waals surface area contributed by atoms with Gasteiger partial charge >= 0.3 is 0 Å². The van der Waals surface area contributed by atoms with Gasteiger partial charge in [-0.25, -0.2) is 17.5 Å². The minimum atomic E-state index is -3.87. The molecule has 0 unspecified atom stereocenters. The number of benzene rings is 1. The Morgan fingerprint density at radius 3 is 2.57 bits per heavy atom. The zero-order valence-electron chi connectivity index (χ0n) is 11.2. The van der Waals surface area contributed by atoms with Gasteiger partial charge in [0.05, 0.1) is 3.79 Å². The molecule has 0 aliphatic heterocycles. The third-order valence-electron chi connectivity index (χ3n) is 2.73. The summed E-state index contributed by atoms with van der Waals surface area (Å²) in [5.74, 6) is -0.748. The minimum Gasteiger partial charge on any atom is -0.316 e. The number of nitrogens with one attached hydrogen (secondary N) is 2. The standard InChI is InChI=1S/C13H14BrFN2O2S2/c1-16-7-9-2-4-12(11(15)6-9)21(18,19)17-8-10-3-5-13(14)20-10/h2-6,16-17H,7-8H2,1H3. The van der Waals surface area contributed by atoms with Crippen LogP contribution in [0.2, 0.25) is 0 Å². The van der Waals surface area contributed by atoms with Crippen LogP contribution in [-0.2, 0) is 23.1 Å². The number of hydrogen-bond acceptors (Lipinski definition) is 4. The van der Waals surface area contributed by atoms with E-state index in [0.29, 0.717) is 12.1 Å². The molecule has 2 N–H and O–H groups in total. The van der Waals surface area contributed by atoms with Crippen molar-refractivity contribution >= 4 is 37.3 Å². The van der Waals surface area contributed by atoms with Crippen LogP contribution in [0.25, 0.3) is 0 Å². The molecule has 0 amide bonds. The van der Waals surface area contributed by atoms with Crippen LogP contribution in [0.1, 0.15) is 10.4 Å². The Morgan fingerprint density at radius 1 is 1.24 bits per heavy atom. The van der Waals surface area contributed by atoms with Gasteiger partial charge in [0.1, 0.15) is 10.7 Å². The highest BCUT2D eigenvalue weighted by Gasteiger charge is 2.19. The van der Waals surface area contributed by atoms with E-state index in [1.54, 1.807) is 13.1 Å². The molecule has 21 heavy (non-hydrogen) atoms. The third-order valence-corrected chi connectivity index (χ3v) is 5.79. The van der Waals surface area contributed by atoms with Crippen molar-refractivity contribution in [2.45, 2.75) is 18.0 Å². The Hall–Kier alpha value is -0.800.